The van der Waals surface area contributed by atoms with Crippen LogP contribution in [-0.4, -0.2) is 15.1 Å². The highest BCUT2D eigenvalue weighted by Gasteiger charge is 2.03. The second kappa shape index (κ2) is 6.51. The van der Waals surface area contributed by atoms with Gasteiger partial charge in [-0.25, -0.2) is 15.8 Å². The van der Waals surface area contributed by atoms with Gasteiger partial charge in [0.2, 0.25) is 0 Å². The molecule has 19 heavy (non-hydrogen) atoms. The first-order chi connectivity index (χ1) is 9.21. The molecule has 2 aromatic rings. The molecule has 0 radical (unpaired) electrons. The molecule has 2 rings (SSSR count). The number of anilines is 1. The van der Waals surface area contributed by atoms with Gasteiger partial charge in [-0.15, -0.1) is 11.8 Å². The van der Waals surface area contributed by atoms with Gasteiger partial charge < -0.3 is 10.5 Å². The van der Waals surface area contributed by atoms with E-state index in [0.29, 0.717) is 11.6 Å². The lowest BCUT2D eigenvalue weighted by atomic mass is 10.2. The third kappa shape index (κ3) is 3.92. The highest BCUT2D eigenvalue weighted by molar-refractivity contribution is 7.98. The van der Waals surface area contributed by atoms with Crippen LogP contribution < -0.4 is 11.3 Å². The number of aryl methyl sites for hydroxylation is 1. The summed E-state index contributed by atoms with van der Waals surface area (Å²) in [5.41, 5.74) is 4.32. The van der Waals surface area contributed by atoms with Crippen molar-refractivity contribution in [3.05, 3.63) is 47.4 Å². The highest BCUT2D eigenvalue weighted by atomic mass is 32.2. The van der Waals surface area contributed by atoms with Gasteiger partial charge in [-0.2, -0.15) is 0 Å². The summed E-state index contributed by atoms with van der Waals surface area (Å²) < 4.78 is 0. The monoisotopic (exact) mass is 276 g/mol. The summed E-state index contributed by atoms with van der Waals surface area (Å²) in [5, 5.41) is 8.98. The molecule has 1 aromatic heterocycles. The first-order valence-electron chi connectivity index (χ1n) is 5.85. The van der Waals surface area contributed by atoms with Gasteiger partial charge in [0.05, 0.1) is 12.4 Å². The zero-order valence-corrected chi connectivity index (χ0v) is 11.4. The van der Waals surface area contributed by atoms with Crippen molar-refractivity contribution in [3.63, 3.8) is 0 Å². The molecule has 0 unspecified atom stereocenters. The number of benzene rings is 1. The molecule has 0 aliphatic carbocycles. The maximum absolute atomic E-state index is 8.98. The third-order valence-electron chi connectivity index (χ3n) is 2.52. The molecule has 0 fully saturated rings. The highest BCUT2D eigenvalue weighted by Crippen LogP contribution is 2.22. The minimum absolute atomic E-state index is 0.0669. The minimum atomic E-state index is 0.0669. The average molecular weight is 276 g/mol. The van der Waals surface area contributed by atoms with E-state index in [-0.39, 0.29) is 6.61 Å². The summed E-state index contributed by atoms with van der Waals surface area (Å²) >= 11 is 1.65. The summed E-state index contributed by atoms with van der Waals surface area (Å²) in [6, 6.07) is 9.57. The number of nitrogens with one attached hydrogen (secondary N) is 1. The summed E-state index contributed by atoms with van der Waals surface area (Å²) in [5.74, 6) is 7.40. The molecular weight excluding hydrogens is 260 g/mol. The third-order valence-corrected chi connectivity index (χ3v) is 3.53. The minimum Gasteiger partial charge on any atom is -0.392 e. The summed E-state index contributed by atoms with van der Waals surface area (Å²) in [4.78, 5) is 9.77. The Morgan fingerprint density at radius 3 is 2.63 bits per heavy atom. The van der Waals surface area contributed by atoms with Crippen molar-refractivity contribution >= 4 is 17.6 Å². The number of nitrogens with zero attached hydrogens (tertiary/aromatic N) is 2. The molecule has 0 atom stereocenters. The van der Waals surface area contributed by atoms with E-state index < -0.39 is 0 Å². The quantitative estimate of drug-likeness (QED) is 0.439. The number of aliphatic hydroxyl groups excluding tert-OH is 1. The fourth-order valence-electron chi connectivity index (χ4n) is 1.61. The van der Waals surface area contributed by atoms with Gasteiger partial charge >= 0.3 is 0 Å². The number of rotatable bonds is 5. The topological polar surface area (TPSA) is 84.1 Å². The molecule has 1 heterocycles. The van der Waals surface area contributed by atoms with Crippen molar-refractivity contribution in [1.29, 1.82) is 0 Å². The summed E-state index contributed by atoms with van der Waals surface area (Å²) in [7, 11) is 0. The Hall–Kier alpha value is -1.63. The van der Waals surface area contributed by atoms with Gasteiger partial charge in [0, 0.05) is 16.7 Å². The molecule has 0 aliphatic heterocycles. The Kier molecular flexibility index (Phi) is 4.73. The lowest BCUT2D eigenvalue weighted by Crippen LogP contribution is -2.10. The Morgan fingerprint density at radius 1 is 1.26 bits per heavy atom. The van der Waals surface area contributed by atoms with Crippen molar-refractivity contribution in [2.45, 2.75) is 24.2 Å². The van der Waals surface area contributed by atoms with E-state index in [9.17, 15) is 0 Å². The Labute approximate surface area is 116 Å². The fraction of sp³-hybridized carbons (Fsp3) is 0.231. The molecule has 1 aromatic carbocycles. The number of hydrogen-bond donors (Lipinski definition) is 3. The largest absolute Gasteiger partial charge is 0.392 e. The normalized spacial score (nSPS) is 10.5. The zero-order chi connectivity index (χ0) is 13.7. The van der Waals surface area contributed by atoms with Gasteiger partial charge in [0.15, 0.2) is 0 Å². The first kappa shape index (κ1) is 13.8. The van der Waals surface area contributed by atoms with E-state index in [1.54, 1.807) is 17.8 Å². The molecule has 100 valence electrons. The van der Waals surface area contributed by atoms with Crippen LogP contribution >= 0.6 is 11.8 Å². The van der Waals surface area contributed by atoms with Crippen LogP contribution in [0.4, 0.5) is 5.82 Å². The second-order valence-electron chi connectivity index (χ2n) is 4.05. The number of nitrogens with two attached hydrogens (primary N) is 1. The van der Waals surface area contributed by atoms with E-state index in [1.165, 1.54) is 0 Å². The molecule has 0 saturated heterocycles. The molecular formula is C13H16N4OS. The van der Waals surface area contributed by atoms with Gasteiger partial charge in [-0.3, -0.25) is 0 Å². The maximum Gasteiger partial charge on any atom is 0.143 e. The van der Waals surface area contributed by atoms with Crippen molar-refractivity contribution in [3.8, 4) is 0 Å². The van der Waals surface area contributed by atoms with Gasteiger partial charge in [-0.05, 0) is 24.6 Å². The number of thioether (sulfide) groups is 1. The fourth-order valence-corrected chi connectivity index (χ4v) is 2.36. The Bertz CT molecular complexity index is 545. The van der Waals surface area contributed by atoms with E-state index in [2.05, 4.69) is 15.4 Å². The molecule has 0 amide bonds. The van der Waals surface area contributed by atoms with Crippen LogP contribution in [0.25, 0.3) is 0 Å². The number of hydrogen-bond acceptors (Lipinski definition) is 6. The SMILES string of the molecule is Cc1cc(NN)nc(CSc2ccc(CO)cc2)n1. The van der Waals surface area contributed by atoms with Crippen molar-refractivity contribution in [2.75, 3.05) is 5.43 Å². The number of hydrazine groups is 1. The first-order valence-corrected chi connectivity index (χ1v) is 6.83. The molecule has 0 aliphatic rings. The van der Waals surface area contributed by atoms with Crippen LogP contribution in [0, 0.1) is 6.92 Å². The molecule has 5 nitrogen and oxygen atoms in total. The molecule has 4 N–H and O–H groups in total. The van der Waals surface area contributed by atoms with E-state index in [1.807, 2.05) is 31.2 Å². The second-order valence-corrected chi connectivity index (χ2v) is 5.09. The lowest BCUT2D eigenvalue weighted by molar-refractivity contribution is 0.282. The standard InChI is InChI=1S/C13H16N4OS/c1-9-6-12(17-14)16-13(15-9)8-19-11-4-2-10(7-18)3-5-11/h2-6,18H,7-8,14H2,1H3,(H,15,16,17). The molecule has 6 heteroatoms. The van der Waals surface area contributed by atoms with Crippen LogP contribution in [0.15, 0.2) is 35.2 Å². The summed E-state index contributed by atoms with van der Waals surface area (Å²) in [6.45, 7) is 1.98. The van der Waals surface area contributed by atoms with Crippen molar-refractivity contribution in [1.82, 2.24) is 9.97 Å². The molecule has 0 spiro atoms. The lowest BCUT2D eigenvalue weighted by Gasteiger charge is -2.05. The van der Waals surface area contributed by atoms with Crippen LogP contribution in [0.2, 0.25) is 0 Å². The van der Waals surface area contributed by atoms with Crippen LogP contribution in [0.3, 0.4) is 0 Å². The van der Waals surface area contributed by atoms with E-state index >= 15 is 0 Å². The maximum atomic E-state index is 8.98. The van der Waals surface area contributed by atoms with Gasteiger partial charge in [0.25, 0.3) is 0 Å². The zero-order valence-electron chi connectivity index (χ0n) is 10.6. The van der Waals surface area contributed by atoms with Crippen molar-refractivity contribution in [2.24, 2.45) is 5.84 Å². The summed E-state index contributed by atoms with van der Waals surface area (Å²) in [6.07, 6.45) is 0. The van der Waals surface area contributed by atoms with E-state index in [4.69, 9.17) is 10.9 Å². The van der Waals surface area contributed by atoms with Gasteiger partial charge in [-0.1, -0.05) is 12.1 Å². The van der Waals surface area contributed by atoms with Crippen molar-refractivity contribution < 1.29 is 5.11 Å². The number of aliphatic hydroxyl groups is 1. The smallest absolute Gasteiger partial charge is 0.143 e. The predicted molar refractivity (Wildman–Crippen MR) is 76.5 cm³/mol. The predicted octanol–water partition coefficient (Wildman–Crippen LogP) is 1.86. The Balaban J connectivity index is 2.03. The van der Waals surface area contributed by atoms with Crippen LogP contribution in [-0.2, 0) is 12.4 Å². The van der Waals surface area contributed by atoms with Crippen LogP contribution in [0.5, 0.6) is 0 Å². The average Bonchev–Trinajstić information content (AvgIpc) is 2.45. The van der Waals surface area contributed by atoms with Crippen LogP contribution in [0.1, 0.15) is 17.1 Å². The van der Waals surface area contributed by atoms with Gasteiger partial charge in [0.1, 0.15) is 11.6 Å². The number of nitrogen functional groups attached to an aromatic ring is 1. The number of aromatic nitrogens is 2. The molecule has 0 bridgehead atoms. The molecule has 0 saturated carbocycles. The Morgan fingerprint density at radius 2 is 2.00 bits per heavy atom. The van der Waals surface area contributed by atoms with E-state index in [0.717, 1.165) is 22.0 Å².